The number of rotatable bonds is 5. The van der Waals surface area contributed by atoms with Crippen molar-refractivity contribution in [2.75, 3.05) is 51.3 Å². The molecular weight excluding hydrogens is 428 g/mol. The summed E-state index contributed by atoms with van der Waals surface area (Å²) in [7, 11) is 2.16. The summed E-state index contributed by atoms with van der Waals surface area (Å²) in [6.45, 7) is 7.20. The highest BCUT2D eigenvalue weighted by Crippen LogP contribution is 2.34. The molecule has 2 aliphatic heterocycles. The summed E-state index contributed by atoms with van der Waals surface area (Å²) >= 11 is 0. The minimum Gasteiger partial charge on any atom is -0.455 e. The number of likely N-dealkylation sites (tertiary alicyclic amines) is 1. The number of likely N-dealkylation sites (N-methyl/N-ethyl adjacent to an activating group) is 1. The van der Waals surface area contributed by atoms with Crippen LogP contribution in [-0.2, 0) is 11.2 Å². The number of hydrogen-bond donors (Lipinski definition) is 1. The first-order valence-corrected chi connectivity index (χ1v) is 12.1. The highest BCUT2D eigenvalue weighted by molar-refractivity contribution is 5.85. The molecule has 5 heterocycles. The molecule has 8 heteroatoms. The molecule has 0 spiro atoms. The number of aryl methyl sites for hydroxylation is 1. The number of hydrogen-bond acceptors (Lipinski definition) is 7. The van der Waals surface area contributed by atoms with Gasteiger partial charge in [0.15, 0.2) is 11.4 Å². The molecule has 6 rings (SSSR count). The third kappa shape index (κ3) is 4.19. The van der Waals surface area contributed by atoms with Gasteiger partial charge in [-0.2, -0.15) is 5.10 Å². The summed E-state index contributed by atoms with van der Waals surface area (Å²) in [4.78, 5) is 14.5. The fourth-order valence-corrected chi connectivity index (χ4v) is 4.99. The van der Waals surface area contributed by atoms with Crippen LogP contribution in [0.15, 0.2) is 40.8 Å². The van der Waals surface area contributed by atoms with Crippen molar-refractivity contribution in [1.82, 2.24) is 25.1 Å². The van der Waals surface area contributed by atoms with E-state index in [9.17, 15) is 0 Å². The van der Waals surface area contributed by atoms with Crippen molar-refractivity contribution in [3.63, 3.8) is 0 Å². The van der Waals surface area contributed by atoms with Gasteiger partial charge >= 0.3 is 0 Å². The number of morpholine rings is 1. The van der Waals surface area contributed by atoms with E-state index in [-0.39, 0.29) is 0 Å². The Morgan fingerprint density at radius 1 is 1.09 bits per heavy atom. The summed E-state index contributed by atoms with van der Waals surface area (Å²) in [5, 5.41) is 7.71. The molecule has 0 saturated carbocycles. The van der Waals surface area contributed by atoms with E-state index in [4.69, 9.17) is 19.1 Å². The van der Waals surface area contributed by atoms with E-state index in [2.05, 4.69) is 70.4 Å². The number of anilines is 1. The lowest BCUT2D eigenvalue weighted by Crippen LogP contribution is -2.37. The van der Waals surface area contributed by atoms with Crippen molar-refractivity contribution in [3.8, 4) is 11.3 Å². The second kappa shape index (κ2) is 8.85. The van der Waals surface area contributed by atoms with Gasteiger partial charge in [-0.05, 0) is 39.1 Å². The average Bonchev–Trinajstić information content (AvgIpc) is 3.59. The number of fused-ring (bicyclic) bond motifs is 1. The molecule has 0 aliphatic carbocycles. The summed E-state index contributed by atoms with van der Waals surface area (Å²) in [5.74, 6) is 3.07. The number of ether oxygens (including phenoxy) is 1. The van der Waals surface area contributed by atoms with Crippen LogP contribution < -0.4 is 4.90 Å². The predicted octanol–water partition coefficient (Wildman–Crippen LogP) is 3.77. The van der Waals surface area contributed by atoms with Crippen LogP contribution in [0.1, 0.15) is 35.2 Å². The van der Waals surface area contributed by atoms with E-state index in [1.807, 2.05) is 0 Å². The second-order valence-corrected chi connectivity index (χ2v) is 9.50. The predicted molar refractivity (Wildman–Crippen MR) is 131 cm³/mol. The third-order valence-electron chi connectivity index (χ3n) is 6.82. The fourth-order valence-electron chi connectivity index (χ4n) is 4.99. The van der Waals surface area contributed by atoms with Crippen LogP contribution in [0.25, 0.3) is 22.4 Å². The average molecular weight is 459 g/mol. The first-order valence-electron chi connectivity index (χ1n) is 12.1. The van der Waals surface area contributed by atoms with Gasteiger partial charge in [-0.25, -0.2) is 9.97 Å². The standard InChI is InChI=1S/C26H30N6O2/c1-17-4-3-5-18(12-17)21-13-20(29-30-21)14-24-27-22-15-23(19-6-7-31(2)16-19)34-25(22)26(28-24)32-8-10-33-11-9-32/h3-5,12-13,15,19H,6-11,14,16H2,1-2H3,(H,29,30). The van der Waals surface area contributed by atoms with E-state index in [1.165, 1.54) is 5.56 Å². The zero-order chi connectivity index (χ0) is 23.1. The minimum atomic E-state index is 0.407. The molecule has 1 unspecified atom stereocenters. The topological polar surface area (TPSA) is 83.3 Å². The zero-order valence-electron chi connectivity index (χ0n) is 19.8. The Bertz CT molecular complexity index is 1310. The lowest BCUT2D eigenvalue weighted by atomic mass is 10.1. The maximum absolute atomic E-state index is 6.41. The quantitative estimate of drug-likeness (QED) is 0.487. The minimum absolute atomic E-state index is 0.407. The van der Waals surface area contributed by atoms with Crippen LogP contribution in [-0.4, -0.2) is 71.5 Å². The molecule has 0 radical (unpaired) electrons. The van der Waals surface area contributed by atoms with Gasteiger partial charge in [0.25, 0.3) is 0 Å². The zero-order valence-corrected chi connectivity index (χ0v) is 19.8. The Hall–Kier alpha value is -3.23. The Morgan fingerprint density at radius 2 is 1.97 bits per heavy atom. The molecule has 0 bridgehead atoms. The third-order valence-corrected chi connectivity index (χ3v) is 6.82. The van der Waals surface area contributed by atoms with Crippen molar-refractivity contribution in [1.29, 1.82) is 0 Å². The summed E-state index contributed by atoms with van der Waals surface area (Å²) in [6.07, 6.45) is 1.69. The largest absolute Gasteiger partial charge is 0.455 e. The Balaban J connectivity index is 1.34. The van der Waals surface area contributed by atoms with Crippen molar-refractivity contribution >= 4 is 16.9 Å². The van der Waals surface area contributed by atoms with Crippen molar-refractivity contribution in [3.05, 3.63) is 59.2 Å². The van der Waals surface area contributed by atoms with Crippen molar-refractivity contribution in [2.45, 2.75) is 25.7 Å². The molecule has 1 aromatic carbocycles. The van der Waals surface area contributed by atoms with E-state index in [1.54, 1.807) is 0 Å². The van der Waals surface area contributed by atoms with E-state index in [0.717, 1.165) is 78.1 Å². The molecule has 2 aliphatic rings. The first-order chi connectivity index (χ1) is 16.6. The number of aromatic amines is 1. The number of aromatic nitrogens is 4. The Morgan fingerprint density at radius 3 is 2.76 bits per heavy atom. The van der Waals surface area contributed by atoms with E-state index >= 15 is 0 Å². The normalized spacial score (nSPS) is 19.4. The number of furan rings is 1. The van der Waals surface area contributed by atoms with Gasteiger partial charge in [0.2, 0.25) is 0 Å². The van der Waals surface area contributed by atoms with Crippen molar-refractivity contribution < 1.29 is 9.15 Å². The van der Waals surface area contributed by atoms with Crippen molar-refractivity contribution in [2.24, 2.45) is 0 Å². The highest BCUT2D eigenvalue weighted by Gasteiger charge is 2.27. The molecule has 1 N–H and O–H groups in total. The molecule has 8 nitrogen and oxygen atoms in total. The van der Waals surface area contributed by atoms with Crippen LogP contribution in [0.5, 0.6) is 0 Å². The number of H-pyrrole nitrogens is 1. The number of nitrogens with zero attached hydrogens (tertiary/aromatic N) is 5. The van der Waals surface area contributed by atoms with Gasteiger partial charge in [0.05, 0.1) is 18.9 Å². The molecule has 0 amide bonds. The van der Waals surface area contributed by atoms with Gasteiger partial charge in [0, 0.05) is 49.3 Å². The molecule has 3 aromatic heterocycles. The fraction of sp³-hybridized carbons (Fsp3) is 0.423. The maximum Gasteiger partial charge on any atom is 0.195 e. The second-order valence-electron chi connectivity index (χ2n) is 9.50. The number of nitrogens with one attached hydrogen (secondary N) is 1. The molecule has 2 fully saturated rings. The Kier molecular flexibility index (Phi) is 5.55. The van der Waals surface area contributed by atoms with Gasteiger partial charge in [-0.15, -0.1) is 0 Å². The first kappa shape index (κ1) is 21.3. The van der Waals surface area contributed by atoms with E-state index in [0.29, 0.717) is 25.6 Å². The van der Waals surface area contributed by atoms with Crippen LogP contribution >= 0.6 is 0 Å². The number of benzene rings is 1. The summed E-state index contributed by atoms with van der Waals surface area (Å²) in [6, 6.07) is 12.6. The molecular formula is C26H30N6O2. The summed E-state index contributed by atoms with van der Waals surface area (Å²) in [5.41, 5.74) is 5.92. The molecule has 4 aromatic rings. The van der Waals surface area contributed by atoms with Gasteiger partial charge < -0.3 is 19.0 Å². The van der Waals surface area contributed by atoms with Gasteiger partial charge in [0.1, 0.15) is 17.1 Å². The summed E-state index contributed by atoms with van der Waals surface area (Å²) < 4.78 is 12.0. The lowest BCUT2D eigenvalue weighted by molar-refractivity contribution is 0.122. The van der Waals surface area contributed by atoms with E-state index < -0.39 is 0 Å². The molecule has 2 saturated heterocycles. The van der Waals surface area contributed by atoms with Crippen LogP contribution in [0.2, 0.25) is 0 Å². The van der Waals surface area contributed by atoms with Gasteiger partial charge in [-0.3, -0.25) is 5.10 Å². The van der Waals surface area contributed by atoms with Crippen LogP contribution in [0.4, 0.5) is 5.82 Å². The van der Waals surface area contributed by atoms with Crippen LogP contribution in [0.3, 0.4) is 0 Å². The molecule has 1 atom stereocenters. The van der Waals surface area contributed by atoms with Crippen LogP contribution in [0, 0.1) is 6.92 Å². The molecule has 176 valence electrons. The SMILES string of the molecule is Cc1cccc(-c2cc(Cc3nc(N4CCOCC4)c4oc(C5CCN(C)C5)cc4n3)[nH]n2)c1. The lowest BCUT2D eigenvalue weighted by Gasteiger charge is -2.27. The molecule has 34 heavy (non-hydrogen) atoms. The Labute approximate surface area is 198 Å². The monoisotopic (exact) mass is 458 g/mol. The highest BCUT2D eigenvalue weighted by atomic mass is 16.5. The van der Waals surface area contributed by atoms with Gasteiger partial charge in [-0.1, -0.05) is 23.8 Å². The maximum atomic E-state index is 6.41. The smallest absolute Gasteiger partial charge is 0.195 e.